The van der Waals surface area contributed by atoms with Gasteiger partial charge in [0.2, 0.25) is 5.91 Å². The second-order valence-corrected chi connectivity index (χ2v) is 6.13. The summed E-state index contributed by atoms with van der Waals surface area (Å²) >= 11 is 0. The molecule has 1 saturated heterocycles. The van der Waals surface area contributed by atoms with Gasteiger partial charge in [0.1, 0.15) is 5.82 Å². The molecule has 138 valence electrons. The Morgan fingerprint density at radius 2 is 2.27 bits per heavy atom. The van der Waals surface area contributed by atoms with E-state index in [1.54, 1.807) is 24.0 Å². The van der Waals surface area contributed by atoms with Crippen LogP contribution in [0.1, 0.15) is 25.6 Å². The third kappa shape index (κ3) is 4.25. The van der Waals surface area contributed by atoms with Crippen LogP contribution in [-0.2, 0) is 20.7 Å². The van der Waals surface area contributed by atoms with Crippen molar-refractivity contribution < 1.29 is 23.2 Å². The zero-order valence-electron chi connectivity index (χ0n) is 14.5. The highest BCUT2D eigenvalue weighted by molar-refractivity contribution is 5.80. The van der Waals surface area contributed by atoms with Gasteiger partial charge in [-0.2, -0.15) is 4.98 Å². The summed E-state index contributed by atoms with van der Waals surface area (Å²) in [5, 5.41) is 3.79. The summed E-state index contributed by atoms with van der Waals surface area (Å²) in [5.41, 5.74) is 0.455. The summed E-state index contributed by atoms with van der Waals surface area (Å²) < 4.78 is 23.4. The van der Waals surface area contributed by atoms with Crippen LogP contribution in [0.2, 0.25) is 0 Å². The molecule has 1 aliphatic heterocycles. The van der Waals surface area contributed by atoms with Gasteiger partial charge in [0, 0.05) is 18.7 Å². The van der Waals surface area contributed by atoms with Crippen molar-refractivity contribution in [3.8, 4) is 11.5 Å². The third-order valence-electron chi connectivity index (χ3n) is 4.24. The van der Waals surface area contributed by atoms with Crippen molar-refractivity contribution in [1.29, 1.82) is 0 Å². The number of rotatable bonds is 5. The minimum Gasteiger partial charge on any atom is -0.466 e. The third-order valence-corrected chi connectivity index (χ3v) is 4.24. The van der Waals surface area contributed by atoms with Crippen LogP contribution in [0.25, 0.3) is 11.5 Å². The molecule has 0 N–H and O–H groups in total. The van der Waals surface area contributed by atoms with Crippen LogP contribution in [0.4, 0.5) is 4.39 Å². The predicted octanol–water partition coefficient (Wildman–Crippen LogP) is 2.22. The monoisotopic (exact) mass is 361 g/mol. The van der Waals surface area contributed by atoms with Gasteiger partial charge in [0.15, 0.2) is 5.82 Å². The Kier molecular flexibility index (Phi) is 5.60. The first-order valence-electron chi connectivity index (χ1n) is 8.59. The number of likely N-dealkylation sites (tertiary alicyclic amines) is 1. The van der Waals surface area contributed by atoms with E-state index in [4.69, 9.17) is 9.26 Å². The summed E-state index contributed by atoms with van der Waals surface area (Å²) in [4.78, 5) is 30.2. The van der Waals surface area contributed by atoms with E-state index in [1.807, 2.05) is 0 Å². The van der Waals surface area contributed by atoms with Gasteiger partial charge >= 0.3 is 5.97 Å². The van der Waals surface area contributed by atoms with Gasteiger partial charge in [-0.15, -0.1) is 0 Å². The average molecular weight is 361 g/mol. The Labute approximate surface area is 150 Å². The van der Waals surface area contributed by atoms with E-state index < -0.39 is 5.82 Å². The Bertz CT molecular complexity index is 792. The molecule has 3 rings (SSSR count). The fraction of sp³-hybridized carbons (Fsp3) is 0.444. The molecule has 1 amide bonds. The van der Waals surface area contributed by atoms with Gasteiger partial charge < -0.3 is 14.2 Å². The van der Waals surface area contributed by atoms with E-state index in [0.29, 0.717) is 31.7 Å². The molecular weight excluding hydrogens is 341 g/mol. The molecule has 1 aliphatic rings. The molecule has 1 unspecified atom stereocenters. The van der Waals surface area contributed by atoms with Gasteiger partial charge in [-0.1, -0.05) is 11.2 Å². The average Bonchev–Trinajstić information content (AvgIpc) is 3.10. The summed E-state index contributed by atoms with van der Waals surface area (Å²) in [5.74, 6) is -0.746. The lowest BCUT2D eigenvalue weighted by atomic mass is 9.98. The summed E-state index contributed by atoms with van der Waals surface area (Å²) in [6.45, 7) is 3.01. The Morgan fingerprint density at radius 1 is 1.42 bits per heavy atom. The molecule has 26 heavy (non-hydrogen) atoms. The van der Waals surface area contributed by atoms with Crippen LogP contribution in [0, 0.1) is 11.7 Å². The van der Waals surface area contributed by atoms with Crippen molar-refractivity contribution in [3.05, 3.63) is 35.9 Å². The molecule has 0 bridgehead atoms. The molecule has 2 heterocycles. The van der Waals surface area contributed by atoms with Crippen LogP contribution < -0.4 is 0 Å². The lowest BCUT2D eigenvalue weighted by molar-refractivity contribution is -0.151. The van der Waals surface area contributed by atoms with Crippen LogP contribution in [0.5, 0.6) is 0 Å². The van der Waals surface area contributed by atoms with Gasteiger partial charge in [-0.25, -0.2) is 4.39 Å². The molecule has 1 atom stereocenters. The lowest BCUT2D eigenvalue weighted by Crippen LogP contribution is -2.43. The van der Waals surface area contributed by atoms with Crippen LogP contribution in [0.3, 0.4) is 0 Å². The van der Waals surface area contributed by atoms with E-state index in [-0.39, 0.29) is 35.9 Å². The number of ether oxygens (including phenoxy) is 1. The first-order chi connectivity index (χ1) is 12.6. The van der Waals surface area contributed by atoms with Crippen LogP contribution in [-0.4, -0.2) is 46.6 Å². The number of piperidine rings is 1. The molecule has 7 nitrogen and oxygen atoms in total. The molecule has 0 saturated carbocycles. The number of esters is 1. The van der Waals surface area contributed by atoms with Crippen molar-refractivity contribution in [1.82, 2.24) is 15.0 Å². The molecule has 1 aromatic carbocycles. The first-order valence-corrected chi connectivity index (χ1v) is 8.59. The van der Waals surface area contributed by atoms with Gasteiger partial charge in [0.05, 0.1) is 18.9 Å². The van der Waals surface area contributed by atoms with Crippen LogP contribution in [0.15, 0.2) is 28.8 Å². The smallest absolute Gasteiger partial charge is 0.310 e. The summed E-state index contributed by atoms with van der Waals surface area (Å²) in [7, 11) is 0. The van der Waals surface area contributed by atoms with Crippen LogP contribution >= 0.6 is 0 Å². The number of aromatic nitrogens is 2. The first kappa shape index (κ1) is 18.0. The fourth-order valence-electron chi connectivity index (χ4n) is 2.97. The molecule has 2 aromatic rings. The molecule has 1 fully saturated rings. The number of nitrogens with zero attached hydrogens (tertiary/aromatic N) is 3. The minimum absolute atomic E-state index is 0.0334. The van der Waals surface area contributed by atoms with E-state index in [2.05, 4.69) is 10.1 Å². The van der Waals surface area contributed by atoms with Gasteiger partial charge in [0.25, 0.3) is 5.89 Å². The van der Waals surface area contributed by atoms with Crippen molar-refractivity contribution >= 4 is 11.9 Å². The summed E-state index contributed by atoms with van der Waals surface area (Å²) in [6, 6.07) is 5.80. The molecule has 1 aromatic heterocycles. The number of amides is 1. The maximum atomic E-state index is 13.3. The quantitative estimate of drug-likeness (QED) is 0.759. The molecule has 0 radical (unpaired) electrons. The topological polar surface area (TPSA) is 85.5 Å². The number of halogens is 1. The highest BCUT2D eigenvalue weighted by Crippen LogP contribution is 2.20. The second-order valence-electron chi connectivity index (χ2n) is 6.13. The van der Waals surface area contributed by atoms with Gasteiger partial charge in [-0.05, 0) is 38.0 Å². The predicted molar refractivity (Wildman–Crippen MR) is 89.3 cm³/mol. The maximum Gasteiger partial charge on any atom is 0.310 e. The number of hydrogen-bond donors (Lipinski definition) is 0. The largest absolute Gasteiger partial charge is 0.466 e. The maximum absolute atomic E-state index is 13.3. The zero-order valence-corrected chi connectivity index (χ0v) is 14.5. The highest BCUT2D eigenvalue weighted by Gasteiger charge is 2.29. The SMILES string of the molecule is CCOC(=O)C1CCCN(C(=O)Cc2noc(-c3cccc(F)c3)n2)C1. The number of hydrogen-bond acceptors (Lipinski definition) is 6. The standard InChI is InChI=1S/C18H20FN3O4/c1-2-25-18(24)13-6-4-8-22(11-13)16(23)10-15-20-17(26-21-15)12-5-3-7-14(19)9-12/h3,5,7,9,13H,2,4,6,8,10-11H2,1H3. The van der Waals surface area contributed by atoms with Crippen molar-refractivity contribution in [3.63, 3.8) is 0 Å². The number of carbonyl (C=O) groups is 2. The Balaban J connectivity index is 1.62. The molecule has 0 spiro atoms. The zero-order chi connectivity index (χ0) is 18.5. The number of benzene rings is 1. The summed E-state index contributed by atoms with van der Waals surface area (Å²) in [6.07, 6.45) is 1.43. The lowest BCUT2D eigenvalue weighted by Gasteiger charge is -2.31. The van der Waals surface area contributed by atoms with Crippen molar-refractivity contribution in [2.45, 2.75) is 26.2 Å². The highest BCUT2D eigenvalue weighted by atomic mass is 19.1. The Hall–Kier alpha value is -2.77. The van der Waals surface area contributed by atoms with Crippen molar-refractivity contribution in [2.75, 3.05) is 19.7 Å². The number of carbonyl (C=O) groups excluding carboxylic acids is 2. The van der Waals surface area contributed by atoms with E-state index in [1.165, 1.54) is 12.1 Å². The Morgan fingerprint density at radius 3 is 3.04 bits per heavy atom. The van der Waals surface area contributed by atoms with Gasteiger partial charge in [-0.3, -0.25) is 9.59 Å². The second kappa shape index (κ2) is 8.07. The minimum atomic E-state index is -0.406. The molecular formula is C18H20FN3O4. The van der Waals surface area contributed by atoms with Crippen molar-refractivity contribution in [2.24, 2.45) is 5.92 Å². The molecule has 0 aliphatic carbocycles. The van der Waals surface area contributed by atoms with E-state index >= 15 is 0 Å². The fourth-order valence-corrected chi connectivity index (χ4v) is 2.97. The van der Waals surface area contributed by atoms with E-state index in [9.17, 15) is 14.0 Å². The molecule has 8 heteroatoms. The normalized spacial score (nSPS) is 17.2. The van der Waals surface area contributed by atoms with E-state index in [0.717, 1.165) is 6.42 Å².